The molecule has 2 heterocycles. The first-order chi connectivity index (χ1) is 10.1. The standard InChI is InChI=1S/C16H24N2O3/c1-10(2)11-3-5-12(6-4-11)15-17-16(21-18-15)13-9-20-8-7-14(13)19/h10-13H,3-9H2,1-2H3. The van der Waals surface area contributed by atoms with Gasteiger partial charge in [-0.3, -0.25) is 4.79 Å². The highest BCUT2D eigenvalue weighted by atomic mass is 16.5. The van der Waals surface area contributed by atoms with Crippen molar-refractivity contribution in [2.45, 2.75) is 57.8 Å². The van der Waals surface area contributed by atoms with Crippen LogP contribution in [0.1, 0.15) is 69.5 Å². The van der Waals surface area contributed by atoms with Crippen LogP contribution in [0, 0.1) is 11.8 Å². The van der Waals surface area contributed by atoms with Gasteiger partial charge in [-0.05, 0) is 37.5 Å². The minimum atomic E-state index is -0.355. The van der Waals surface area contributed by atoms with E-state index in [9.17, 15) is 4.79 Å². The summed E-state index contributed by atoms with van der Waals surface area (Å²) in [6.07, 6.45) is 5.16. The SMILES string of the molecule is CC(C)C1CCC(c2noc(C3COCCC3=O)n2)CC1. The highest BCUT2D eigenvalue weighted by molar-refractivity contribution is 5.85. The number of carbonyl (C=O) groups is 1. The first kappa shape index (κ1) is 14.7. The highest BCUT2D eigenvalue weighted by Crippen LogP contribution is 2.38. The Hall–Kier alpha value is -1.23. The first-order valence-corrected chi connectivity index (χ1v) is 8.09. The third-order valence-electron chi connectivity index (χ3n) is 5.00. The number of ketones is 1. The summed E-state index contributed by atoms with van der Waals surface area (Å²) in [6.45, 7) is 5.48. The van der Waals surface area contributed by atoms with Gasteiger partial charge in [-0.15, -0.1) is 0 Å². The summed E-state index contributed by atoms with van der Waals surface area (Å²) in [4.78, 5) is 16.4. The molecule has 0 aromatic carbocycles. The number of hydrogen-bond donors (Lipinski definition) is 0. The highest BCUT2D eigenvalue weighted by Gasteiger charge is 2.32. The Morgan fingerprint density at radius 1 is 1.19 bits per heavy atom. The van der Waals surface area contributed by atoms with Crippen molar-refractivity contribution in [2.24, 2.45) is 11.8 Å². The van der Waals surface area contributed by atoms with Gasteiger partial charge in [0.1, 0.15) is 11.7 Å². The van der Waals surface area contributed by atoms with E-state index >= 15 is 0 Å². The number of nitrogens with zero attached hydrogens (tertiary/aromatic N) is 2. The van der Waals surface area contributed by atoms with Gasteiger partial charge >= 0.3 is 0 Å². The molecule has 2 aliphatic rings. The summed E-state index contributed by atoms with van der Waals surface area (Å²) in [5, 5.41) is 4.13. The predicted octanol–water partition coefficient (Wildman–Crippen LogP) is 3.07. The monoisotopic (exact) mass is 292 g/mol. The fourth-order valence-corrected chi connectivity index (χ4v) is 3.45. The molecule has 1 aliphatic heterocycles. The van der Waals surface area contributed by atoms with E-state index in [-0.39, 0.29) is 11.7 Å². The average molecular weight is 292 g/mol. The largest absolute Gasteiger partial charge is 0.380 e. The van der Waals surface area contributed by atoms with E-state index in [1.165, 1.54) is 12.8 Å². The zero-order valence-electron chi connectivity index (χ0n) is 12.9. The molecule has 5 nitrogen and oxygen atoms in total. The summed E-state index contributed by atoms with van der Waals surface area (Å²) < 4.78 is 10.7. The van der Waals surface area contributed by atoms with Gasteiger partial charge in [0.25, 0.3) is 0 Å². The van der Waals surface area contributed by atoms with E-state index in [2.05, 4.69) is 24.0 Å². The van der Waals surface area contributed by atoms with E-state index in [1.54, 1.807) is 0 Å². The van der Waals surface area contributed by atoms with Gasteiger partial charge in [-0.1, -0.05) is 19.0 Å². The molecule has 5 heteroatoms. The van der Waals surface area contributed by atoms with E-state index in [0.717, 1.165) is 30.5 Å². The van der Waals surface area contributed by atoms with Crippen LogP contribution in [0.3, 0.4) is 0 Å². The molecule has 1 saturated carbocycles. The lowest BCUT2D eigenvalue weighted by Crippen LogP contribution is -2.26. The number of Topliss-reactive ketones (excluding diaryl/α,β-unsaturated/α-hetero) is 1. The van der Waals surface area contributed by atoms with Crippen LogP contribution in [0.15, 0.2) is 4.52 Å². The van der Waals surface area contributed by atoms with Crippen molar-refractivity contribution in [3.8, 4) is 0 Å². The normalized spacial score (nSPS) is 30.8. The van der Waals surface area contributed by atoms with Crippen LogP contribution >= 0.6 is 0 Å². The van der Waals surface area contributed by atoms with Gasteiger partial charge in [-0.2, -0.15) is 4.98 Å². The quantitative estimate of drug-likeness (QED) is 0.856. The van der Waals surface area contributed by atoms with E-state index in [1.807, 2.05) is 0 Å². The minimum absolute atomic E-state index is 0.153. The molecule has 0 radical (unpaired) electrons. The molecule has 0 bridgehead atoms. The van der Waals surface area contributed by atoms with Crippen LogP contribution < -0.4 is 0 Å². The molecule has 0 spiro atoms. The molecule has 1 aromatic rings. The van der Waals surface area contributed by atoms with Crippen LogP contribution in [0.4, 0.5) is 0 Å². The van der Waals surface area contributed by atoms with Crippen molar-refractivity contribution in [2.75, 3.05) is 13.2 Å². The molecule has 1 saturated heterocycles. The molecule has 1 atom stereocenters. The van der Waals surface area contributed by atoms with Crippen LogP contribution in [-0.2, 0) is 9.53 Å². The number of ether oxygens (including phenoxy) is 1. The molecule has 0 amide bonds. The summed E-state index contributed by atoms with van der Waals surface area (Å²) in [7, 11) is 0. The molecular weight excluding hydrogens is 268 g/mol. The van der Waals surface area contributed by atoms with E-state index in [4.69, 9.17) is 9.26 Å². The second-order valence-electron chi connectivity index (χ2n) is 6.69. The van der Waals surface area contributed by atoms with Crippen molar-refractivity contribution < 1.29 is 14.1 Å². The maximum atomic E-state index is 11.9. The topological polar surface area (TPSA) is 65.2 Å². The molecule has 1 aromatic heterocycles. The predicted molar refractivity (Wildman–Crippen MR) is 77.0 cm³/mol. The average Bonchev–Trinajstić information content (AvgIpc) is 2.97. The second-order valence-corrected chi connectivity index (χ2v) is 6.69. The lowest BCUT2D eigenvalue weighted by molar-refractivity contribution is -0.127. The molecule has 3 rings (SSSR count). The van der Waals surface area contributed by atoms with Crippen molar-refractivity contribution >= 4 is 5.78 Å². The Morgan fingerprint density at radius 2 is 1.95 bits per heavy atom. The fraction of sp³-hybridized carbons (Fsp3) is 0.812. The van der Waals surface area contributed by atoms with Crippen molar-refractivity contribution in [1.29, 1.82) is 0 Å². The Balaban J connectivity index is 1.64. The number of rotatable bonds is 3. The first-order valence-electron chi connectivity index (χ1n) is 8.09. The minimum Gasteiger partial charge on any atom is -0.380 e. The Kier molecular flexibility index (Phi) is 4.38. The Bertz CT molecular complexity index is 489. The summed E-state index contributed by atoms with van der Waals surface area (Å²) in [6, 6.07) is 0. The smallest absolute Gasteiger partial charge is 0.239 e. The number of carbonyl (C=O) groups excluding carboxylic acids is 1. The van der Waals surface area contributed by atoms with Gasteiger partial charge in [-0.25, -0.2) is 0 Å². The van der Waals surface area contributed by atoms with E-state index in [0.29, 0.717) is 31.4 Å². The lowest BCUT2D eigenvalue weighted by Gasteiger charge is -2.29. The Labute approximate surface area is 125 Å². The lowest BCUT2D eigenvalue weighted by atomic mass is 9.77. The molecule has 0 N–H and O–H groups in total. The second kappa shape index (κ2) is 6.26. The molecule has 116 valence electrons. The zero-order valence-corrected chi connectivity index (χ0v) is 12.9. The molecule has 1 aliphatic carbocycles. The molecule has 2 fully saturated rings. The fourth-order valence-electron chi connectivity index (χ4n) is 3.45. The zero-order chi connectivity index (χ0) is 14.8. The van der Waals surface area contributed by atoms with Crippen LogP contribution in [0.25, 0.3) is 0 Å². The molecule has 21 heavy (non-hydrogen) atoms. The van der Waals surface area contributed by atoms with Gasteiger partial charge in [0.2, 0.25) is 5.89 Å². The van der Waals surface area contributed by atoms with E-state index < -0.39 is 0 Å². The summed E-state index contributed by atoms with van der Waals surface area (Å²) in [5.41, 5.74) is 0. The van der Waals surface area contributed by atoms with Gasteiger partial charge in [0.15, 0.2) is 5.82 Å². The third-order valence-corrected chi connectivity index (χ3v) is 5.00. The van der Waals surface area contributed by atoms with Crippen molar-refractivity contribution in [3.05, 3.63) is 11.7 Å². The van der Waals surface area contributed by atoms with Gasteiger partial charge in [0.05, 0.1) is 13.2 Å². The molecule has 1 unspecified atom stereocenters. The van der Waals surface area contributed by atoms with Crippen LogP contribution in [0.5, 0.6) is 0 Å². The van der Waals surface area contributed by atoms with Crippen molar-refractivity contribution in [1.82, 2.24) is 10.1 Å². The van der Waals surface area contributed by atoms with Crippen LogP contribution in [0.2, 0.25) is 0 Å². The number of aromatic nitrogens is 2. The number of hydrogen-bond acceptors (Lipinski definition) is 5. The third kappa shape index (κ3) is 3.18. The van der Waals surface area contributed by atoms with Crippen LogP contribution in [-0.4, -0.2) is 29.1 Å². The maximum Gasteiger partial charge on any atom is 0.239 e. The summed E-state index contributed by atoms with van der Waals surface area (Å²) in [5.74, 6) is 2.99. The molecular formula is C16H24N2O3. The van der Waals surface area contributed by atoms with Gasteiger partial charge < -0.3 is 9.26 Å². The summed E-state index contributed by atoms with van der Waals surface area (Å²) >= 11 is 0. The maximum absolute atomic E-state index is 11.9. The van der Waals surface area contributed by atoms with Gasteiger partial charge in [0, 0.05) is 12.3 Å². The Morgan fingerprint density at radius 3 is 2.62 bits per heavy atom. The van der Waals surface area contributed by atoms with Crippen molar-refractivity contribution in [3.63, 3.8) is 0 Å².